The van der Waals surface area contributed by atoms with Gasteiger partial charge in [-0.3, -0.25) is 14.5 Å². The van der Waals surface area contributed by atoms with Crippen LogP contribution in [0.1, 0.15) is 31.7 Å². The van der Waals surface area contributed by atoms with Crippen LogP contribution in [0.2, 0.25) is 0 Å². The Morgan fingerprint density at radius 3 is 2.72 bits per heavy atom. The normalized spacial score (nSPS) is 19.8. The molecule has 0 spiro atoms. The van der Waals surface area contributed by atoms with Crippen molar-refractivity contribution in [1.29, 1.82) is 0 Å². The van der Waals surface area contributed by atoms with Gasteiger partial charge in [0.15, 0.2) is 0 Å². The number of esters is 1. The average Bonchev–Trinajstić information content (AvgIpc) is 2.77. The Kier molecular flexibility index (Phi) is 8.35. The van der Waals surface area contributed by atoms with E-state index in [1.807, 2.05) is 0 Å². The summed E-state index contributed by atoms with van der Waals surface area (Å²) in [6.45, 7) is 7.48. The van der Waals surface area contributed by atoms with E-state index in [0.717, 1.165) is 13.1 Å². The van der Waals surface area contributed by atoms with Crippen molar-refractivity contribution in [2.45, 2.75) is 26.2 Å². The van der Waals surface area contributed by atoms with Crippen molar-refractivity contribution >= 4 is 17.8 Å². The Morgan fingerprint density at radius 2 is 2.03 bits per heavy atom. The molecule has 0 saturated carbocycles. The minimum absolute atomic E-state index is 0.0456. The molecule has 32 heavy (non-hydrogen) atoms. The number of morpholine rings is 1. The van der Waals surface area contributed by atoms with Gasteiger partial charge < -0.3 is 19.7 Å². The van der Waals surface area contributed by atoms with E-state index in [1.54, 1.807) is 26.0 Å². The van der Waals surface area contributed by atoms with Crippen LogP contribution in [0.4, 0.5) is 4.39 Å². The fraction of sp³-hybridized carbons (Fsp3) is 0.522. The summed E-state index contributed by atoms with van der Waals surface area (Å²) in [6, 6.07) is 5.85. The molecule has 1 atom stereocenters. The van der Waals surface area contributed by atoms with Crippen molar-refractivity contribution in [3.8, 4) is 0 Å². The Bertz CT molecular complexity index is 882. The summed E-state index contributed by atoms with van der Waals surface area (Å²) in [4.78, 5) is 41.6. The molecule has 0 aromatic heterocycles. The van der Waals surface area contributed by atoms with Crippen LogP contribution in [0.25, 0.3) is 0 Å². The molecular formula is C23H30FN3O5. The zero-order valence-corrected chi connectivity index (χ0v) is 18.6. The lowest BCUT2D eigenvalue weighted by Gasteiger charge is -2.34. The van der Waals surface area contributed by atoms with Crippen LogP contribution >= 0.6 is 0 Å². The van der Waals surface area contributed by atoms with Crippen LogP contribution in [0.5, 0.6) is 0 Å². The highest BCUT2D eigenvalue weighted by Gasteiger charge is 2.37. The van der Waals surface area contributed by atoms with Crippen molar-refractivity contribution in [3.05, 3.63) is 46.9 Å². The SMILES string of the molecule is CCOC(=O)C1=C(C)N(CC(=O)NCCN2CCOCC2)C(=O)CC1c1cccc(F)c1. The number of halogens is 1. The summed E-state index contributed by atoms with van der Waals surface area (Å²) >= 11 is 0. The van der Waals surface area contributed by atoms with E-state index in [4.69, 9.17) is 9.47 Å². The minimum Gasteiger partial charge on any atom is -0.463 e. The van der Waals surface area contributed by atoms with Gasteiger partial charge in [-0.05, 0) is 31.5 Å². The Morgan fingerprint density at radius 1 is 1.28 bits per heavy atom. The largest absolute Gasteiger partial charge is 0.463 e. The average molecular weight is 448 g/mol. The van der Waals surface area contributed by atoms with Gasteiger partial charge in [-0.15, -0.1) is 0 Å². The second-order valence-corrected chi connectivity index (χ2v) is 7.82. The number of carbonyl (C=O) groups is 3. The number of nitrogens with one attached hydrogen (secondary N) is 1. The van der Waals surface area contributed by atoms with E-state index in [2.05, 4.69) is 10.2 Å². The van der Waals surface area contributed by atoms with Crippen molar-refractivity contribution in [3.63, 3.8) is 0 Å². The highest BCUT2D eigenvalue weighted by Crippen LogP contribution is 2.37. The summed E-state index contributed by atoms with van der Waals surface area (Å²) in [7, 11) is 0. The zero-order valence-electron chi connectivity index (χ0n) is 18.6. The van der Waals surface area contributed by atoms with Crippen molar-refractivity contribution in [2.75, 3.05) is 52.5 Å². The second-order valence-electron chi connectivity index (χ2n) is 7.82. The molecule has 8 nitrogen and oxygen atoms in total. The topological polar surface area (TPSA) is 88.2 Å². The first kappa shape index (κ1) is 23.9. The maximum absolute atomic E-state index is 13.8. The van der Waals surface area contributed by atoms with Crippen LogP contribution in [0, 0.1) is 5.82 Å². The Balaban J connectivity index is 1.73. The number of allylic oxidation sites excluding steroid dienone is 1. The summed E-state index contributed by atoms with van der Waals surface area (Å²) < 4.78 is 24.3. The highest BCUT2D eigenvalue weighted by atomic mass is 19.1. The first-order chi connectivity index (χ1) is 15.4. The molecule has 2 heterocycles. The fourth-order valence-electron chi connectivity index (χ4n) is 4.06. The molecule has 2 aliphatic heterocycles. The van der Waals surface area contributed by atoms with Gasteiger partial charge >= 0.3 is 5.97 Å². The van der Waals surface area contributed by atoms with E-state index in [1.165, 1.54) is 17.0 Å². The molecule has 1 fully saturated rings. The standard InChI is InChI=1S/C23H30FN3O5/c1-3-32-23(30)22-16(2)27(15-20(28)25-7-8-26-9-11-31-12-10-26)21(29)14-19(22)17-5-4-6-18(24)13-17/h4-6,13,19H,3,7-12,14-15H2,1-2H3,(H,25,28). The fourth-order valence-corrected chi connectivity index (χ4v) is 4.06. The maximum Gasteiger partial charge on any atom is 0.336 e. The smallest absolute Gasteiger partial charge is 0.336 e. The lowest BCUT2D eigenvalue weighted by Crippen LogP contribution is -2.46. The molecule has 1 unspecified atom stereocenters. The molecule has 3 rings (SSSR count). The van der Waals surface area contributed by atoms with Gasteiger partial charge in [-0.1, -0.05) is 12.1 Å². The number of carbonyl (C=O) groups excluding carboxylic acids is 3. The van der Waals surface area contributed by atoms with Crippen molar-refractivity contribution in [2.24, 2.45) is 0 Å². The van der Waals surface area contributed by atoms with Crippen LogP contribution in [0.15, 0.2) is 35.5 Å². The molecule has 0 radical (unpaired) electrons. The molecule has 1 saturated heterocycles. The van der Waals surface area contributed by atoms with E-state index in [0.29, 0.717) is 37.6 Å². The molecule has 0 bridgehead atoms. The third kappa shape index (κ3) is 5.92. The van der Waals surface area contributed by atoms with Gasteiger partial charge in [0.25, 0.3) is 0 Å². The molecule has 1 aromatic rings. The summed E-state index contributed by atoms with van der Waals surface area (Å²) in [5, 5.41) is 2.83. The second kappa shape index (κ2) is 11.2. The first-order valence-corrected chi connectivity index (χ1v) is 10.9. The monoisotopic (exact) mass is 447 g/mol. The number of rotatable bonds is 8. The number of hydrogen-bond acceptors (Lipinski definition) is 6. The Hall–Kier alpha value is -2.78. The molecular weight excluding hydrogens is 417 g/mol. The quantitative estimate of drug-likeness (QED) is 0.607. The van der Waals surface area contributed by atoms with Crippen molar-refractivity contribution < 1.29 is 28.2 Å². The Labute approximate surface area is 187 Å². The van der Waals surface area contributed by atoms with E-state index in [9.17, 15) is 18.8 Å². The van der Waals surface area contributed by atoms with Crippen LogP contribution in [-0.4, -0.2) is 80.1 Å². The van der Waals surface area contributed by atoms with Crippen molar-refractivity contribution in [1.82, 2.24) is 15.1 Å². The van der Waals surface area contributed by atoms with Gasteiger partial charge in [-0.2, -0.15) is 0 Å². The van der Waals surface area contributed by atoms with Crippen LogP contribution < -0.4 is 5.32 Å². The number of amides is 2. The molecule has 174 valence electrons. The van der Waals surface area contributed by atoms with Gasteiger partial charge in [0.1, 0.15) is 12.4 Å². The van der Waals surface area contributed by atoms with Crippen LogP contribution in [0.3, 0.4) is 0 Å². The summed E-state index contributed by atoms with van der Waals surface area (Å²) in [5.41, 5.74) is 1.16. The molecule has 1 aromatic carbocycles. The number of ether oxygens (including phenoxy) is 2. The third-order valence-corrected chi connectivity index (χ3v) is 5.72. The van der Waals surface area contributed by atoms with Crippen LogP contribution in [-0.2, 0) is 23.9 Å². The van der Waals surface area contributed by atoms with Gasteiger partial charge in [0.05, 0.1) is 25.4 Å². The lowest BCUT2D eigenvalue weighted by atomic mass is 9.83. The summed E-state index contributed by atoms with van der Waals surface area (Å²) in [5.74, 6) is -2.24. The van der Waals surface area contributed by atoms with Gasteiger partial charge in [0, 0.05) is 44.2 Å². The number of benzene rings is 1. The zero-order chi connectivity index (χ0) is 23.1. The maximum atomic E-state index is 13.8. The minimum atomic E-state index is -0.627. The third-order valence-electron chi connectivity index (χ3n) is 5.72. The molecule has 1 N–H and O–H groups in total. The number of nitrogens with zero attached hydrogens (tertiary/aromatic N) is 2. The van der Waals surface area contributed by atoms with E-state index >= 15 is 0 Å². The molecule has 9 heteroatoms. The lowest BCUT2D eigenvalue weighted by molar-refractivity contribution is -0.141. The predicted molar refractivity (Wildman–Crippen MR) is 115 cm³/mol. The predicted octanol–water partition coefficient (Wildman–Crippen LogP) is 1.43. The van der Waals surface area contributed by atoms with Gasteiger partial charge in [-0.25, -0.2) is 9.18 Å². The highest BCUT2D eigenvalue weighted by molar-refractivity contribution is 5.97. The van der Waals surface area contributed by atoms with E-state index in [-0.39, 0.29) is 37.0 Å². The van der Waals surface area contributed by atoms with Gasteiger partial charge in [0.2, 0.25) is 11.8 Å². The molecule has 2 amide bonds. The molecule has 2 aliphatic rings. The number of hydrogen-bond donors (Lipinski definition) is 1. The molecule has 0 aliphatic carbocycles. The summed E-state index contributed by atoms with van der Waals surface area (Å²) in [6.07, 6.45) is -0.0456. The first-order valence-electron chi connectivity index (χ1n) is 10.9. The van der Waals surface area contributed by atoms with E-state index < -0.39 is 17.7 Å².